The van der Waals surface area contributed by atoms with E-state index in [0.717, 1.165) is 11.1 Å². The van der Waals surface area contributed by atoms with E-state index in [4.69, 9.17) is 18.9 Å². The Labute approximate surface area is 186 Å². The lowest BCUT2D eigenvalue weighted by molar-refractivity contribution is -0.0130. The van der Waals surface area contributed by atoms with Crippen molar-refractivity contribution >= 4 is 40.0 Å². The number of rotatable bonds is 7. The van der Waals surface area contributed by atoms with Crippen LogP contribution in [-0.2, 0) is 32.2 Å². The van der Waals surface area contributed by atoms with Gasteiger partial charge in [-0.05, 0) is 11.1 Å². The molecule has 1 heterocycles. The van der Waals surface area contributed by atoms with Gasteiger partial charge >= 0.3 is 12.3 Å². The van der Waals surface area contributed by atoms with Crippen molar-refractivity contribution in [3.05, 3.63) is 71.8 Å². The highest BCUT2D eigenvalue weighted by molar-refractivity contribution is 9.11. The molecule has 30 heavy (non-hydrogen) atoms. The van der Waals surface area contributed by atoms with Gasteiger partial charge in [-0.15, -0.1) is 11.8 Å². The van der Waals surface area contributed by atoms with Crippen LogP contribution in [0.2, 0.25) is 0 Å². The molecule has 1 saturated heterocycles. The van der Waals surface area contributed by atoms with Crippen LogP contribution in [-0.4, -0.2) is 40.6 Å². The van der Waals surface area contributed by atoms with Gasteiger partial charge in [0.25, 0.3) is 0 Å². The Balaban J connectivity index is 1.45. The van der Waals surface area contributed by atoms with Crippen LogP contribution in [0.4, 0.5) is 14.0 Å². The van der Waals surface area contributed by atoms with E-state index in [1.807, 2.05) is 48.5 Å². The molecule has 1 aliphatic rings. The molecule has 1 fully saturated rings. The van der Waals surface area contributed by atoms with Crippen LogP contribution in [0.15, 0.2) is 60.7 Å². The predicted octanol–water partition coefficient (Wildman–Crippen LogP) is 5.24. The second-order valence-electron chi connectivity index (χ2n) is 6.41. The maximum atomic E-state index is 14.5. The summed E-state index contributed by atoms with van der Waals surface area (Å²) in [6.07, 6.45) is -4.46. The van der Waals surface area contributed by atoms with Crippen molar-refractivity contribution in [1.29, 1.82) is 0 Å². The van der Waals surface area contributed by atoms with Gasteiger partial charge in [-0.25, -0.2) is 14.0 Å². The maximum Gasteiger partial charge on any atom is 0.509 e. The molecule has 0 aliphatic carbocycles. The summed E-state index contributed by atoms with van der Waals surface area (Å²) in [4.78, 5) is 23.8. The van der Waals surface area contributed by atoms with E-state index in [9.17, 15) is 14.0 Å². The first-order chi connectivity index (χ1) is 14.5. The molecule has 0 radical (unpaired) electrons. The summed E-state index contributed by atoms with van der Waals surface area (Å²) in [7, 11) is 0. The average molecular weight is 499 g/mol. The van der Waals surface area contributed by atoms with Crippen molar-refractivity contribution in [2.75, 3.05) is 6.61 Å². The smallest absolute Gasteiger partial charge is 0.433 e. The van der Waals surface area contributed by atoms with Gasteiger partial charge in [0.05, 0.1) is 9.41 Å². The minimum absolute atomic E-state index is 0.0151. The summed E-state index contributed by atoms with van der Waals surface area (Å²) >= 11 is 4.37. The van der Waals surface area contributed by atoms with E-state index in [-0.39, 0.29) is 19.8 Å². The SMILES string of the molecule is O=C(OCc1ccccc1)OC[C@H]1SC(Br)[C@@H](F)[C@@H]1OC(=O)OCc1ccccc1. The van der Waals surface area contributed by atoms with E-state index < -0.39 is 34.0 Å². The molecule has 1 aliphatic heterocycles. The van der Waals surface area contributed by atoms with E-state index >= 15 is 0 Å². The molecule has 0 bridgehead atoms. The zero-order chi connectivity index (χ0) is 21.3. The molecule has 2 aromatic carbocycles. The van der Waals surface area contributed by atoms with Crippen LogP contribution in [0.25, 0.3) is 0 Å². The summed E-state index contributed by atoms with van der Waals surface area (Å²) in [5.74, 6) is 0. The first-order valence-corrected chi connectivity index (χ1v) is 11.0. The van der Waals surface area contributed by atoms with E-state index in [2.05, 4.69) is 15.9 Å². The first kappa shape index (κ1) is 22.4. The summed E-state index contributed by atoms with van der Waals surface area (Å²) in [6, 6.07) is 18.2. The fourth-order valence-electron chi connectivity index (χ4n) is 2.72. The molecule has 1 unspecified atom stereocenters. The summed E-state index contributed by atoms with van der Waals surface area (Å²) in [5, 5.41) is -0.599. The second-order valence-corrected chi connectivity index (χ2v) is 9.39. The fourth-order valence-corrected chi connectivity index (χ4v) is 5.00. The Kier molecular flexibility index (Phi) is 8.39. The van der Waals surface area contributed by atoms with Crippen molar-refractivity contribution in [3.63, 3.8) is 0 Å². The number of carbonyl (C=O) groups excluding carboxylic acids is 2. The number of benzene rings is 2. The molecule has 0 aromatic heterocycles. The first-order valence-electron chi connectivity index (χ1n) is 9.17. The van der Waals surface area contributed by atoms with Crippen LogP contribution in [0.3, 0.4) is 0 Å². The number of hydrogen-bond donors (Lipinski definition) is 0. The molecule has 2 aromatic rings. The highest BCUT2D eigenvalue weighted by Gasteiger charge is 2.47. The second kappa shape index (κ2) is 11.2. The third-order valence-electron chi connectivity index (χ3n) is 4.23. The number of carbonyl (C=O) groups is 2. The van der Waals surface area contributed by atoms with Crippen molar-refractivity contribution < 1.29 is 32.9 Å². The van der Waals surface area contributed by atoms with Gasteiger partial charge in [0.15, 0.2) is 12.3 Å². The molecule has 6 nitrogen and oxygen atoms in total. The number of alkyl halides is 2. The van der Waals surface area contributed by atoms with Crippen molar-refractivity contribution in [2.24, 2.45) is 0 Å². The molecular weight excluding hydrogens is 479 g/mol. The molecule has 0 amide bonds. The molecule has 160 valence electrons. The minimum Gasteiger partial charge on any atom is -0.433 e. The van der Waals surface area contributed by atoms with Gasteiger partial charge < -0.3 is 18.9 Å². The molecule has 0 saturated carbocycles. The Hall–Kier alpha value is -2.26. The standard InChI is InChI=1S/C21H20BrFO6S/c22-19-17(23)18(29-21(25)27-12-15-9-5-2-6-10-15)16(30-19)13-28-20(24)26-11-14-7-3-1-4-8-14/h1-10,16-19H,11-13H2/t16-,17+,18-,19?/m1/s1. The zero-order valence-electron chi connectivity index (χ0n) is 15.8. The summed E-state index contributed by atoms with van der Waals surface area (Å²) < 4.78 is 34.2. The van der Waals surface area contributed by atoms with Crippen LogP contribution in [0.5, 0.6) is 0 Å². The van der Waals surface area contributed by atoms with Gasteiger partial charge in [0.1, 0.15) is 19.8 Å². The van der Waals surface area contributed by atoms with E-state index in [0.29, 0.717) is 0 Å². The third kappa shape index (κ3) is 6.63. The molecule has 3 rings (SSSR count). The Morgan fingerprint density at radius 2 is 1.40 bits per heavy atom. The lowest BCUT2D eigenvalue weighted by atomic mass is 10.2. The average Bonchev–Trinajstić information content (AvgIpc) is 3.04. The van der Waals surface area contributed by atoms with Gasteiger partial charge in [-0.2, -0.15) is 0 Å². The highest BCUT2D eigenvalue weighted by atomic mass is 79.9. The van der Waals surface area contributed by atoms with Crippen molar-refractivity contribution in [3.8, 4) is 0 Å². The number of halogens is 2. The maximum absolute atomic E-state index is 14.5. The summed E-state index contributed by atoms with van der Waals surface area (Å²) in [6.45, 7) is -0.0886. The van der Waals surface area contributed by atoms with Gasteiger partial charge in [0.2, 0.25) is 0 Å². The highest BCUT2D eigenvalue weighted by Crippen LogP contribution is 2.41. The molecule has 9 heteroatoms. The van der Waals surface area contributed by atoms with Gasteiger partial charge in [0, 0.05) is 0 Å². The normalized spacial score (nSPS) is 22.9. The molecule has 4 atom stereocenters. The number of thioether (sulfide) groups is 1. The zero-order valence-corrected chi connectivity index (χ0v) is 18.2. The van der Waals surface area contributed by atoms with Crippen LogP contribution >= 0.6 is 27.7 Å². The predicted molar refractivity (Wildman–Crippen MR) is 113 cm³/mol. The van der Waals surface area contributed by atoms with Crippen LogP contribution in [0, 0.1) is 0 Å². The molecule has 0 spiro atoms. The topological polar surface area (TPSA) is 71.1 Å². The van der Waals surface area contributed by atoms with Crippen LogP contribution < -0.4 is 0 Å². The van der Waals surface area contributed by atoms with Crippen molar-refractivity contribution in [2.45, 2.75) is 34.9 Å². The quantitative estimate of drug-likeness (QED) is 0.381. The van der Waals surface area contributed by atoms with Crippen LogP contribution in [0.1, 0.15) is 11.1 Å². The number of ether oxygens (including phenoxy) is 4. The Morgan fingerprint density at radius 3 is 1.97 bits per heavy atom. The van der Waals surface area contributed by atoms with E-state index in [1.54, 1.807) is 12.1 Å². The third-order valence-corrected chi connectivity index (χ3v) is 6.66. The summed E-state index contributed by atoms with van der Waals surface area (Å²) in [5.41, 5.74) is 1.60. The fraction of sp³-hybridized carbons (Fsp3) is 0.333. The molecule has 0 N–H and O–H groups in total. The monoisotopic (exact) mass is 498 g/mol. The van der Waals surface area contributed by atoms with Gasteiger partial charge in [-0.1, -0.05) is 76.6 Å². The molecular formula is C21H20BrFO6S. The Morgan fingerprint density at radius 1 is 0.867 bits per heavy atom. The van der Waals surface area contributed by atoms with Crippen molar-refractivity contribution in [1.82, 2.24) is 0 Å². The lowest BCUT2D eigenvalue weighted by Crippen LogP contribution is -2.36. The van der Waals surface area contributed by atoms with Gasteiger partial charge in [-0.3, -0.25) is 0 Å². The Bertz CT molecular complexity index is 825. The lowest BCUT2D eigenvalue weighted by Gasteiger charge is -2.20. The minimum atomic E-state index is -1.48. The number of hydrogen-bond acceptors (Lipinski definition) is 7. The van der Waals surface area contributed by atoms with E-state index in [1.165, 1.54) is 11.8 Å². The largest absolute Gasteiger partial charge is 0.509 e.